The van der Waals surface area contributed by atoms with E-state index in [4.69, 9.17) is 25.9 Å². The number of pyridine rings is 1. The van der Waals surface area contributed by atoms with Crippen LogP contribution in [-0.4, -0.2) is 40.1 Å². The zero-order valence-corrected chi connectivity index (χ0v) is 20.7. The molecule has 10 heteroatoms. The number of esters is 1. The first-order valence-corrected chi connectivity index (χ1v) is 11.5. The fraction of sp³-hybridized carbons (Fsp3) is 0.500. The van der Waals surface area contributed by atoms with Crippen LogP contribution in [0.25, 0.3) is 0 Å². The fourth-order valence-corrected chi connectivity index (χ4v) is 3.85. The van der Waals surface area contributed by atoms with Crippen LogP contribution in [0.3, 0.4) is 0 Å². The number of ether oxygens (including phenoxy) is 2. The monoisotopic (exact) mass is 488 g/mol. The van der Waals surface area contributed by atoms with Gasteiger partial charge in [0, 0.05) is 28.3 Å². The Morgan fingerprint density at radius 2 is 2.06 bits per heavy atom. The first-order valence-electron chi connectivity index (χ1n) is 11.2. The van der Waals surface area contributed by atoms with E-state index in [1.807, 2.05) is 45.0 Å². The lowest BCUT2D eigenvalue weighted by molar-refractivity contribution is -0.719. The van der Waals surface area contributed by atoms with Crippen molar-refractivity contribution in [3.63, 3.8) is 0 Å². The Hall–Kier alpha value is -2.91. The van der Waals surface area contributed by atoms with E-state index in [0.29, 0.717) is 34.5 Å². The van der Waals surface area contributed by atoms with Crippen molar-refractivity contribution in [3.05, 3.63) is 63.1 Å². The highest BCUT2D eigenvalue weighted by molar-refractivity contribution is 6.30. The first-order chi connectivity index (χ1) is 16.1. The van der Waals surface area contributed by atoms with E-state index < -0.39 is 5.54 Å². The van der Waals surface area contributed by atoms with Gasteiger partial charge in [-0.3, -0.25) is 9.78 Å². The lowest BCUT2D eigenvalue weighted by Gasteiger charge is -2.26. The maximum absolute atomic E-state index is 12.8. The molecule has 1 aromatic carbocycles. The standard InChI is InChI=1S/C24H29ClN4O5/c1-14-21(20-13-32-22(19(20)11-26-14)15-6-8-17(25)9-7-15)34-23(30)18-10-16(18)12-33-27-29(31)28(5)24(2,3)4/h6-9,11,16,18,22H,10,12-13H2,1-5H3/t16?,18?,22-/m0/s1. The summed E-state index contributed by atoms with van der Waals surface area (Å²) in [6.07, 6.45) is 2.10. The van der Waals surface area contributed by atoms with Gasteiger partial charge in [0.1, 0.15) is 12.7 Å². The largest absolute Gasteiger partial charge is 0.569 e. The lowest BCUT2D eigenvalue weighted by atomic mass is 10.0. The fourth-order valence-electron chi connectivity index (χ4n) is 3.72. The summed E-state index contributed by atoms with van der Waals surface area (Å²) in [5.74, 6) is -0.242. The van der Waals surface area contributed by atoms with Gasteiger partial charge in [0.2, 0.25) is 5.28 Å². The molecule has 1 saturated carbocycles. The van der Waals surface area contributed by atoms with Crippen LogP contribution in [0.15, 0.2) is 35.7 Å². The molecule has 182 valence electrons. The van der Waals surface area contributed by atoms with Crippen LogP contribution in [0.5, 0.6) is 5.75 Å². The maximum atomic E-state index is 12.8. The van der Waals surface area contributed by atoms with E-state index in [0.717, 1.165) is 16.7 Å². The molecule has 2 unspecified atom stereocenters. The summed E-state index contributed by atoms with van der Waals surface area (Å²) in [6, 6.07) is 7.46. The third-order valence-corrected chi connectivity index (χ3v) is 6.52. The van der Waals surface area contributed by atoms with E-state index in [-0.39, 0.29) is 30.5 Å². The molecule has 9 nitrogen and oxygen atoms in total. The number of carbonyl (C=O) groups excluding carboxylic acids is 1. The minimum absolute atomic E-state index is 0.0484. The molecule has 0 bridgehead atoms. The van der Waals surface area contributed by atoms with Crippen LogP contribution < -0.4 is 4.74 Å². The summed E-state index contributed by atoms with van der Waals surface area (Å²) >= 11 is 6.00. The molecule has 1 aliphatic carbocycles. The Morgan fingerprint density at radius 1 is 1.35 bits per heavy atom. The SMILES string of the molecule is Cc1ncc2c(c1OC(=O)C1CC1CON=[N+]([O-])N(C)C(C)(C)C)CO[C@H]2c1ccc(Cl)cc1. The Balaban J connectivity index is 1.38. The number of halogens is 1. The number of rotatable bonds is 7. The molecule has 4 rings (SSSR count). The van der Waals surface area contributed by atoms with Crippen LogP contribution >= 0.6 is 11.6 Å². The number of carbonyl (C=O) groups is 1. The van der Waals surface area contributed by atoms with Crippen molar-refractivity contribution >= 4 is 17.6 Å². The van der Waals surface area contributed by atoms with E-state index in [9.17, 15) is 10.0 Å². The van der Waals surface area contributed by atoms with Gasteiger partial charge in [-0.2, -0.15) is 0 Å². The summed E-state index contributed by atoms with van der Waals surface area (Å²) in [6.45, 7) is 7.97. The molecule has 1 aromatic heterocycles. The molecule has 2 aromatic rings. The number of hydrogen-bond donors (Lipinski definition) is 0. The second-order valence-electron chi connectivity index (χ2n) is 9.70. The van der Waals surface area contributed by atoms with E-state index in [1.54, 1.807) is 20.2 Å². The van der Waals surface area contributed by atoms with E-state index >= 15 is 0 Å². The van der Waals surface area contributed by atoms with Crippen LogP contribution in [-0.2, 0) is 21.0 Å². The number of hydrogen-bond acceptors (Lipinski definition) is 7. The lowest BCUT2D eigenvalue weighted by Crippen LogP contribution is -2.42. The van der Waals surface area contributed by atoms with Crippen molar-refractivity contribution < 1.29 is 24.1 Å². The van der Waals surface area contributed by atoms with Gasteiger partial charge in [0.25, 0.3) is 0 Å². The summed E-state index contributed by atoms with van der Waals surface area (Å²) in [5.41, 5.74) is 2.90. The molecule has 1 aliphatic heterocycles. The van der Waals surface area contributed by atoms with Gasteiger partial charge >= 0.3 is 5.97 Å². The summed E-state index contributed by atoms with van der Waals surface area (Å²) in [5, 5.41) is 17.6. The molecule has 0 spiro atoms. The summed E-state index contributed by atoms with van der Waals surface area (Å²) < 4.78 is 11.8. The average molecular weight is 489 g/mol. The van der Waals surface area contributed by atoms with Crippen LogP contribution in [0.2, 0.25) is 5.02 Å². The quantitative estimate of drug-likeness (QED) is 0.240. The van der Waals surface area contributed by atoms with Gasteiger partial charge in [-0.25, -0.2) is 0 Å². The molecule has 3 atom stereocenters. The number of aryl methyl sites for hydroxylation is 1. The van der Waals surface area contributed by atoms with Gasteiger partial charge in [-0.15, -0.1) is 5.01 Å². The maximum Gasteiger partial charge on any atom is 0.314 e. The predicted octanol–water partition coefficient (Wildman–Crippen LogP) is 4.74. The Morgan fingerprint density at radius 3 is 2.74 bits per heavy atom. The van der Waals surface area contributed by atoms with Gasteiger partial charge in [0.05, 0.1) is 35.8 Å². The molecule has 0 N–H and O–H groups in total. The van der Waals surface area contributed by atoms with Crippen LogP contribution in [0, 0.1) is 24.0 Å². The molecular weight excluding hydrogens is 460 g/mol. The zero-order chi connectivity index (χ0) is 24.6. The molecule has 1 fully saturated rings. The number of aromatic nitrogens is 1. The van der Waals surface area contributed by atoms with Crippen molar-refractivity contribution in [2.24, 2.45) is 17.1 Å². The van der Waals surface area contributed by atoms with Crippen LogP contribution in [0.1, 0.15) is 55.7 Å². The average Bonchev–Trinajstić information content (AvgIpc) is 3.43. The Labute approximate surface area is 203 Å². The molecule has 34 heavy (non-hydrogen) atoms. The minimum atomic E-state index is -0.390. The Kier molecular flexibility index (Phi) is 6.69. The van der Waals surface area contributed by atoms with Crippen LogP contribution in [0.4, 0.5) is 0 Å². The van der Waals surface area contributed by atoms with E-state index in [1.165, 1.54) is 5.01 Å². The summed E-state index contributed by atoms with van der Waals surface area (Å²) in [4.78, 5) is 22.8. The molecule has 2 heterocycles. The third-order valence-electron chi connectivity index (χ3n) is 6.27. The number of hydrazine groups is 1. The zero-order valence-electron chi connectivity index (χ0n) is 19.9. The van der Waals surface area contributed by atoms with Crippen molar-refractivity contribution in [2.45, 2.75) is 52.4 Å². The second kappa shape index (κ2) is 9.38. The smallest absolute Gasteiger partial charge is 0.314 e. The normalized spacial score (nSPS) is 21.7. The van der Waals surface area contributed by atoms with E-state index in [2.05, 4.69) is 10.3 Å². The van der Waals surface area contributed by atoms with Crippen molar-refractivity contribution in [3.8, 4) is 5.75 Å². The predicted molar refractivity (Wildman–Crippen MR) is 124 cm³/mol. The highest BCUT2D eigenvalue weighted by atomic mass is 35.5. The molecule has 0 amide bonds. The molecular formula is C24H29ClN4O5. The topological polar surface area (TPSA) is 99.3 Å². The first kappa shape index (κ1) is 24.2. The molecule has 0 radical (unpaired) electrons. The highest BCUT2D eigenvalue weighted by Gasteiger charge is 2.46. The number of nitrogens with zero attached hydrogens (tertiary/aromatic N) is 4. The highest BCUT2D eigenvalue weighted by Crippen LogP contribution is 2.43. The van der Waals surface area contributed by atoms with Crippen molar-refractivity contribution in [2.75, 3.05) is 13.7 Å². The van der Waals surface area contributed by atoms with Crippen molar-refractivity contribution in [1.29, 1.82) is 0 Å². The number of fused-ring (bicyclic) bond motifs is 1. The minimum Gasteiger partial charge on any atom is -0.569 e. The van der Waals surface area contributed by atoms with Gasteiger partial charge in [0.15, 0.2) is 5.75 Å². The summed E-state index contributed by atoms with van der Waals surface area (Å²) in [7, 11) is 1.63. The molecule has 2 aliphatic rings. The van der Waals surface area contributed by atoms with Gasteiger partial charge < -0.3 is 19.5 Å². The third kappa shape index (κ3) is 5.10. The van der Waals surface area contributed by atoms with Gasteiger partial charge in [-0.05, 0) is 51.8 Å². The van der Waals surface area contributed by atoms with Crippen molar-refractivity contribution in [1.82, 2.24) is 9.99 Å². The Bertz CT molecular complexity index is 1100. The second-order valence-corrected chi connectivity index (χ2v) is 10.1. The van der Waals surface area contributed by atoms with Gasteiger partial charge in [-0.1, -0.05) is 23.7 Å². The number of benzene rings is 1. The molecule has 0 saturated heterocycles.